The largest absolute Gasteiger partial charge is 0.497 e. The Bertz CT molecular complexity index is 441. The van der Waals surface area contributed by atoms with E-state index in [1.807, 2.05) is 0 Å². The molecule has 1 aliphatic heterocycles. The van der Waals surface area contributed by atoms with Crippen molar-refractivity contribution >= 4 is 11.6 Å². The van der Waals surface area contributed by atoms with Crippen molar-refractivity contribution in [1.29, 1.82) is 0 Å². The van der Waals surface area contributed by atoms with Gasteiger partial charge >= 0.3 is 0 Å². The maximum atomic E-state index is 12.1. The second-order valence-electron chi connectivity index (χ2n) is 4.47. The topological polar surface area (TPSA) is 56.8 Å². The lowest BCUT2D eigenvalue weighted by atomic mass is 10.0. The first-order valence-corrected chi connectivity index (χ1v) is 6.35. The first kappa shape index (κ1) is 13.7. The van der Waals surface area contributed by atoms with Gasteiger partial charge in [-0.05, 0) is 25.0 Å². The van der Waals surface area contributed by atoms with Crippen LogP contribution in [0.15, 0.2) is 18.2 Å². The highest BCUT2D eigenvalue weighted by Gasteiger charge is 2.22. The van der Waals surface area contributed by atoms with Gasteiger partial charge in [0.1, 0.15) is 11.5 Å². The molecule has 0 bridgehead atoms. The molecule has 5 heteroatoms. The molecule has 0 spiro atoms. The van der Waals surface area contributed by atoms with Crippen molar-refractivity contribution in [1.82, 2.24) is 0 Å². The van der Waals surface area contributed by atoms with Crippen molar-refractivity contribution in [3.63, 3.8) is 0 Å². The van der Waals surface area contributed by atoms with E-state index in [1.54, 1.807) is 32.4 Å². The third-order valence-electron chi connectivity index (χ3n) is 3.20. The predicted molar refractivity (Wildman–Crippen MR) is 71.7 cm³/mol. The minimum absolute atomic E-state index is 0.0248. The number of ether oxygens (including phenoxy) is 3. The molecule has 1 aromatic carbocycles. The number of methoxy groups -OCH3 is 2. The molecule has 1 atom stereocenters. The highest BCUT2D eigenvalue weighted by molar-refractivity contribution is 5.94. The van der Waals surface area contributed by atoms with Crippen LogP contribution >= 0.6 is 0 Å². The molecule has 2 rings (SSSR count). The van der Waals surface area contributed by atoms with Gasteiger partial charge in [0.05, 0.1) is 32.4 Å². The molecular weight excluding hydrogens is 246 g/mol. The molecule has 1 N–H and O–H groups in total. The second-order valence-corrected chi connectivity index (χ2v) is 4.47. The monoisotopic (exact) mass is 265 g/mol. The quantitative estimate of drug-likeness (QED) is 0.905. The van der Waals surface area contributed by atoms with Crippen molar-refractivity contribution in [2.75, 3.05) is 32.8 Å². The van der Waals surface area contributed by atoms with Crippen molar-refractivity contribution in [3.05, 3.63) is 18.2 Å². The predicted octanol–water partition coefficient (Wildman–Crippen LogP) is 2.07. The second kappa shape index (κ2) is 6.43. The molecule has 104 valence electrons. The molecule has 1 heterocycles. The lowest BCUT2D eigenvalue weighted by molar-refractivity contribution is -0.123. The van der Waals surface area contributed by atoms with Crippen LogP contribution < -0.4 is 14.8 Å². The molecule has 1 aromatic rings. The van der Waals surface area contributed by atoms with Gasteiger partial charge in [0.25, 0.3) is 0 Å². The summed E-state index contributed by atoms with van der Waals surface area (Å²) in [5.41, 5.74) is 0.652. The maximum absolute atomic E-state index is 12.1. The van der Waals surface area contributed by atoms with Crippen molar-refractivity contribution in [2.24, 2.45) is 5.92 Å². The number of anilines is 1. The minimum atomic E-state index is -0.0828. The van der Waals surface area contributed by atoms with Gasteiger partial charge in [0.15, 0.2) is 0 Å². The normalized spacial score (nSPS) is 18.7. The molecule has 19 heavy (non-hydrogen) atoms. The minimum Gasteiger partial charge on any atom is -0.497 e. The molecule has 1 unspecified atom stereocenters. The van der Waals surface area contributed by atoms with Crippen LogP contribution in [0.4, 0.5) is 5.69 Å². The third-order valence-corrected chi connectivity index (χ3v) is 3.20. The van der Waals surface area contributed by atoms with Gasteiger partial charge in [-0.2, -0.15) is 0 Å². The zero-order valence-corrected chi connectivity index (χ0v) is 11.3. The number of amides is 1. The Morgan fingerprint density at radius 3 is 2.84 bits per heavy atom. The Hall–Kier alpha value is -1.75. The molecule has 1 aliphatic rings. The van der Waals surface area contributed by atoms with E-state index in [4.69, 9.17) is 14.2 Å². The van der Waals surface area contributed by atoms with Crippen LogP contribution in [-0.4, -0.2) is 33.3 Å². The summed E-state index contributed by atoms with van der Waals surface area (Å²) in [5, 5.41) is 2.88. The number of nitrogens with one attached hydrogen (secondary N) is 1. The zero-order valence-electron chi connectivity index (χ0n) is 11.3. The number of hydrogen-bond acceptors (Lipinski definition) is 4. The van der Waals surface area contributed by atoms with Crippen LogP contribution in [0.1, 0.15) is 12.8 Å². The Balaban J connectivity index is 2.07. The maximum Gasteiger partial charge on any atom is 0.229 e. The summed E-state index contributed by atoms with van der Waals surface area (Å²) >= 11 is 0. The molecule has 1 fully saturated rings. The zero-order chi connectivity index (χ0) is 13.7. The summed E-state index contributed by atoms with van der Waals surface area (Å²) in [4.78, 5) is 12.1. The fraction of sp³-hybridized carbons (Fsp3) is 0.500. The Morgan fingerprint density at radius 1 is 1.37 bits per heavy atom. The number of rotatable bonds is 4. The van der Waals surface area contributed by atoms with E-state index < -0.39 is 0 Å². The standard InChI is InChI=1S/C14H19NO4/c1-17-11-5-6-12(13(8-11)18-2)15-14(16)10-4-3-7-19-9-10/h5-6,8,10H,3-4,7,9H2,1-2H3,(H,15,16). The number of carbonyl (C=O) groups is 1. The van der Waals surface area contributed by atoms with E-state index in [-0.39, 0.29) is 11.8 Å². The Morgan fingerprint density at radius 2 is 2.21 bits per heavy atom. The van der Waals surface area contributed by atoms with Crippen LogP contribution in [0.2, 0.25) is 0 Å². The van der Waals surface area contributed by atoms with Crippen LogP contribution in [0.5, 0.6) is 11.5 Å². The van der Waals surface area contributed by atoms with E-state index in [0.29, 0.717) is 23.8 Å². The molecule has 1 amide bonds. The van der Waals surface area contributed by atoms with Gasteiger partial charge < -0.3 is 19.5 Å². The summed E-state index contributed by atoms with van der Waals surface area (Å²) in [6, 6.07) is 5.31. The highest BCUT2D eigenvalue weighted by atomic mass is 16.5. The third kappa shape index (κ3) is 3.38. The lowest BCUT2D eigenvalue weighted by Crippen LogP contribution is -2.30. The van der Waals surface area contributed by atoms with Crippen LogP contribution in [0, 0.1) is 5.92 Å². The first-order valence-electron chi connectivity index (χ1n) is 6.35. The van der Waals surface area contributed by atoms with Crippen LogP contribution in [-0.2, 0) is 9.53 Å². The summed E-state index contributed by atoms with van der Waals surface area (Å²) < 4.78 is 15.7. The average molecular weight is 265 g/mol. The van der Waals surface area contributed by atoms with E-state index in [1.165, 1.54) is 0 Å². The average Bonchev–Trinajstić information content (AvgIpc) is 2.48. The molecule has 0 saturated carbocycles. The molecule has 0 aliphatic carbocycles. The summed E-state index contributed by atoms with van der Waals surface area (Å²) in [5.74, 6) is 1.17. The molecule has 0 radical (unpaired) electrons. The fourth-order valence-electron chi connectivity index (χ4n) is 2.08. The Labute approximate surface area is 112 Å². The molecular formula is C14H19NO4. The van der Waals surface area contributed by atoms with Gasteiger partial charge in [-0.25, -0.2) is 0 Å². The highest BCUT2D eigenvalue weighted by Crippen LogP contribution is 2.29. The van der Waals surface area contributed by atoms with Gasteiger partial charge in [0.2, 0.25) is 5.91 Å². The first-order chi connectivity index (χ1) is 9.24. The van der Waals surface area contributed by atoms with Crippen LogP contribution in [0.3, 0.4) is 0 Å². The van der Waals surface area contributed by atoms with Crippen molar-refractivity contribution < 1.29 is 19.0 Å². The van der Waals surface area contributed by atoms with Gasteiger partial charge in [0, 0.05) is 12.7 Å². The van der Waals surface area contributed by atoms with E-state index in [9.17, 15) is 4.79 Å². The van der Waals surface area contributed by atoms with E-state index in [2.05, 4.69) is 5.32 Å². The van der Waals surface area contributed by atoms with Gasteiger partial charge in [-0.3, -0.25) is 4.79 Å². The molecule has 5 nitrogen and oxygen atoms in total. The summed E-state index contributed by atoms with van der Waals surface area (Å²) in [6.45, 7) is 1.24. The van der Waals surface area contributed by atoms with Gasteiger partial charge in [-0.1, -0.05) is 0 Å². The van der Waals surface area contributed by atoms with E-state index >= 15 is 0 Å². The molecule has 1 saturated heterocycles. The number of hydrogen-bond donors (Lipinski definition) is 1. The summed E-state index contributed by atoms with van der Waals surface area (Å²) in [6.07, 6.45) is 1.79. The smallest absolute Gasteiger partial charge is 0.229 e. The molecule has 0 aromatic heterocycles. The van der Waals surface area contributed by atoms with Crippen molar-refractivity contribution in [2.45, 2.75) is 12.8 Å². The van der Waals surface area contributed by atoms with E-state index in [0.717, 1.165) is 19.4 Å². The summed E-state index contributed by atoms with van der Waals surface area (Å²) in [7, 11) is 3.15. The fourth-order valence-corrected chi connectivity index (χ4v) is 2.08. The lowest BCUT2D eigenvalue weighted by Gasteiger charge is -2.21. The van der Waals surface area contributed by atoms with Crippen LogP contribution in [0.25, 0.3) is 0 Å². The number of benzene rings is 1. The van der Waals surface area contributed by atoms with Crippen molar-refractivity contribution in [3.8, 4) is 11.5 Å². The van der Waals surface area contributed by atoms with Gasteiger partial charge in [-0.15, -0.1) is 0 Å². The SMILES string of the molecule is COc1ccc(NC(=O)C2CCCOC2)c(OC)c1. The Kier molecular flexibility index (Phi) is 4.63. The number of carbonyl (C=O) groups excluding carboxylic acids is 1.